The lowest BCUT2D eigenvalue weighted by molar-refractivity contribution is 0.0591. The summed E-state index contributed by atoms with van der Waals surface area (Å²) in [6, 6.07) is 3.35. The summed E-state index contributed by atoms with van der Waals surface area (Å²) in [6.45, 7) is 0. The third kappa shape index (κ3) is 5.64. The molecule has 144 valence electrons. The van der Waals surface area contributed by atoms with Crippen LogP contribution in [-0.2, 0) is 9.47 Å². The van der Waals surface area contributed by atoms with E-state index in [-0.39, 0.29) is 15.9 Å². The number of rotatable bonds is 3. The zero-order valence-electron chi connectivity index (χ0n) is 14.7. The average Bonchev–Trinajstić information content (AvgIpc) is 2.63. The van der Waals surface area contributed by atoms with Crippen LogP contribution in [-0.4, -0.2) is 36.1 Å². The van der Waals surface area contributed by atoms with Crippen molar-refractivity contribution in [2.24, 2.45) is 0 Å². The van der Waals surface area contributed by atoms with Crippen LogP contribution < -0.4 is 0 Å². The van der Waals surface area contributed by atoms with Crippen molar-refractivity contribution in [2.45, 2.75) is 25.2 Å². The van der Waals surface area contributed by atoms with Gasteiger partial charge in [-0.3, -0.25) is 0 Å². The van der Waals surface area contributed by atoms with E-state index in [0.29, 0.717) is 16.0 Å². The number of methoxy groups -OCH3 is 2. The van der Waals surface area contributed by atoms with E-state index >= 15 is 0 Å². The van der Waals surface area contributed by atoms with Crippen molar-refractivity contribution in [2.75, 3.05) is 14.2 Å². The number of hydrogen-bond acceptors (Lipinski definition) is 6. The van der Waals surface area contributed by atoms with E-state index < -0.39 is 11.9 Å². The molecule has 0 unspecified atom stereocenters. The first-order valence-electron chi connectivity index (χ1n) is 8.00. The van der Waals surface area contributed by atoms with Gasteiger partial charge in [0.1, 0.15) is 10.3 Å². The number of aromatic nitrogens is 2. The molecule has 1 aliphatic rings. The topological polar surface area (TPSA) is 78.4 Å². The standard InChI is InChI=1S/C11H12ClNO2.C7H5BrClNO2/c1-15-11(14)9-5-8(6-13-10(9)12)7-3-2-4-7;1-12-7(11)5-2-4(8)3-10-6(5)9/h5-7H,2-4H2,1H3;2-3H,1H3. The van der Waals surface area contributed by atoms with Crippen LogP contribution in [0.15, 0.2) is 29.0 Å². The molecule has 0 aromatic carbocycles. The molecule has 2 aromatic heterocycles. The number of esters is 2. The third-order valence-corrected chi connectivity index (χ3v) is 5.09. The van der Waals surface area contributed by atoms with Gasteiger partial charge in [-0.2, -0.15) is 0 Å². The Kier molecular flexibility index (Phi) is 8.01. The monoisotopic (exact) mass is 474 g/mol. The second-order valence-corrected chi connectivity index (χ2v) is 7.34. The van der Waals surface area contributed by atoms with Crippen molar-refractivity contribution in [1.29, 1.82) is 0 Å². The molecule has 1 aliphatic carbocycles. The van der Waals surface area contributed by atoms with E-state index in [1.807, 2.05) is 0 Å². The highest BCUT2D eigenvalue weighted by Crippen LogP contribution is 2.36. The maximum absolute atomic E-state index is 11.4. The fourth-order valence-corrected chi connectivity index (χ4v) is 3.05. The van der Waals surface area contributed by atoms with Gasteiger partial charge in [-0.05, 0) is 52.4 Å². The Morgan fingerprint density at radius 3 is 2.00 bits per heavy atom. The van der Waals surface area contributed by atoms with Crippen molar-refractivity contribution < 1.29 is 19.1 Å². The van der Waals surface area contributed by atoms with E-state index in [0.717, 1.165) is 5.56 Å². The number of carbonyl (C=O) groups excluding carboxylic acids is 2. The second-order valence-electron chi connectivity index (χ2n) is 5.71. The van der Waals surface area contributed by atoms with Gasteiger partial charge in [0.15, 0.2) is 0 Å². The summed E-state index contributed by atoms with van der Waals surface area (Å²) in [4.78, 5) is 30.2. The largest absolute Gasteiger partial charge is 0.465 e. The first kappa shape index (κ1) is 21.6. The maximum atomic E-state index is 11.4. The lowest BCUT2D eigenvalue weighted by Gasteiger charge is -2.25. The van der Waals surface area contributed by atoms with Crippen LogP contribution in [0.2, 0.25) is 10.3 Å². The summed E-state index contributed by atoms with van der Waals surface area (Å²) in [5, 5.41) is 0.356. The van der Waals surface area contributed by atoms with Crippen LogP contribution in [0.5, 0.6) is 0 Å². The van der Waals surface area contributed by atoms with Gasteiger partial charge in [0, 0.05) is 16.9 Å². The van der Waals surface area contributed by atoms with Crippen molar-refractivity contribution in [3.05, 3.63) is 56.0 Å². The van der Waals surface area contributed by atoms with Crippen molar-refractivity contribution in [1.82, 2.24) is 9.97 Å². The highest BCUT2D eigenvalue weighted by Gasteiger charge is 2.22. The van der Waals surface area contributed by atoms with Crippen molar-refractivity contribution >= 4 is 51.1 Å². The number of hydrogen-bond donors (Lipinski definition) is 0. The SMILES string of the molecule is COC(=O)c1cc(Br)cnc1Cl.COC(=O)c1cc(C2CCC2)cnc1Cl. The van der Waals surface area contributed by atoms with Gasteiger partial charge in [-0.1, -0.05) is 29.6 Å². The summed E-state index contributed by atoms with van der Waals surface area (Å²) >= 11 is 14.6. The molecule has 0 amide bonds. The maximum Gasteiger partial charge on any atom is 0.341 e. The van der Waals surface area contributed by atoms with Crippen LogP contribution >= 0.6 is 39.1 Å². The molecule has 3 rings (SSSR count). The Hall–Kier alpha value is -1.70. The molecule has 2 heterocycles. The molecule has 6 nitrogen and oxygen atoms in total. The Morgan fingerprint density at radius 1 is 1.00 bits per heavy atom. The fourth-order valence-electron chi connectivity index (χ4n) is 2.36. The van der Waals surface area contributed by atoms with Gasteiger partial charge in [-0.25, -0.2) is 19.6 Å². The van der Waals surface area contributed by atoms with Gasteiger partial charge in [0.05, 0.1) is 25.3 Å². The Bertz CT molecular complexity index is 844. The molecule has 1 fully saturated rings. The predicted octanol–water partition coefficient (Wildman–Crippen LogP) is 5.07. The van der Waals surface area contributed by atoms with Crippen LogP contribution in [0.3, 0.4) is 0 Å². The number of halogens is 3. The number of pyridine rings is 2. The molecule has 0 atom stereocenters. The molecule has 2 aromatic rings. The lowest BCUT2D eigenvalue weighted by atomic mass is 9.80. The predicted molar refractivity (Wildman–Crippen MR) is 105 cm³/mol. The quantitative estimate of drug-likeness (QED) is 0.455. The minimum Gasteiger partial charge on any atom is -0.465 e. The smallest absolute Gasteiger partial charge is 0.341 e. The van der Waals surface area contributed by atoms with Gasteiger partial charge in [0.2, 0.25) is 0 Å². The van der Waals surface area contributed by atoms with E-state index in [4.69, 9.17) is 23.2 Å². The first-order valence-corrected chi connectivity index (χ1v) is 9.55. The van der Waals surface area contributed by atoms with E-state index in [1.54, 1.807) is 18.3 Å². The Labute approximate surface area is 175 Å². The molecule has 1 saturated carbocycles. The molecule has 0 spiro atoms. The number of ether oxygens (including phenoxy) is 2. The summed E-state index contributed by atoms with van der Waals surface area (Å²) in [7, 11) is 2.63. The summed E-state index contributed by atoms with van der Waals surface area (Å²) in [5.41, 5.74) is 1.71. The second kappa shape index (κ2) is 10.0. The number of nitrogens with zero attached hydrogens (tertiary/aromatic N) is 2. The summed E-state index contributed by atoms with van der Waals surface area (Å²) < 4.78 is 9.82. The number of carbonyl (C=O) groups is 2. The molecule has 0 radical (unpaired) electrons. The molecule has 0 bridgehead atoms. The molecule has 27 heavy (non-hydrogen) atoms. The molecular weight excluding hydrogens is 459 g/mol. The zero-order chi connectivity index (χ0) is 20.0. The zero-order valence-corrected chi connectivity index (χ0v) is 17.8. The molecule has 0 N–H and O–H groups in total. The minimum atomic E-state index is -0.492. The van der Waals surface area contributed by atoms with E-state index in [1.165, 1.54) is 39.7 Å². The first-order chi connectivity index (χ1) is 12.9. The molecular formula is C18H17BrCl2N2O4. The minimum absolute atomic E-state index is 0.144. The molecule has 9 heteroatoms. The van der Waals surface area contributed by atoms with Crippen LogP contribution in [0.25, 0.3) is 0 Å². The third-order valence-electron chi connectivity index (χ3n) is 4.05. The van der Waals surface area contributed by atoms with E-state index in [2.05, 4.69) is 35.4 Å². The van der Waals surface area contributed by atoms with Gasteiger partial charge in [0.25, 0.3) is 0 Å². The van der Waals surface area contributed by atoms with Crippen LogP contribution in [0, 0.1) is 0 Å². The highest BCUT2D eigenvalue weighted by molar-refractivity contribution is 9.10. The van der Waals surface area contributed by atoms with Crippen LogP contribution in [0.1, 0.15) is 51.5 Å². The Morgan fingerprint density at radius 2 is 1.52 bits per heavy atom. The fraction of sp³-hybridized carbons (Fsp3) is 0.333. The average molecular weight is 476 g/mol. The van der Waals surface area contributed by atoms with Crippen LogP contribution in [0.4, 0.5) is 0 Å². The summed E-state index contributed by atoms with van der Waals surface area (Å²) in [5.74, 6) is -0.374. The Balaban J connectivity index is 0.000000199. The van der Waals surface area contributed by atoms with Crippen molar-refractivity contribution in [3.63, 3.8) is 0 Å². The molecule has 0 aliphatic heterocycles. The van der Waals surface area contributed by atoms with Crippen molar-refractivity contribution in [3.8, 4) is 0 Å². The molecule has 0 saturated heterocycles. The van der Waals surface area contributed by atoms with Gasteiger partial charge >= 0.3 is 11.9 Å². The summed E-state index contributed by atoms with van der Waals surface area (Å²) in [6.07, 6.45) is 6.85. The van der Waals surface area contributed by atoms with Gasteiger partial charge < -0.3 is 9.47 Å². The lowest BCUT2D eigenvalue weighted by Crippen LogP contribution is -2.11. The van der Waals surface area contributed by atoms with Gasteiger partial charge in [-0.15, -0.1) is 0 Å². The normalized spacial score (nSPS) is 13.1. The van der Waals surface area contributed by atoms with E-state index in [9.17, 15) is 9.59 Å². The highest BCUT2D eigenvalue weighted by atomic mass is 79.9.